The Labute approximate surface area is 129 Å². The predicted molar refractivity (Wildman–Crippen MR) is 85.0 cm³/mol. The Hall–Kier alpha value is -0.880. The van der Waals surface area contributed by atoms with Crippen LogP contribution in [0.5, 0.6) is 0 Å². The van der Waals surface area contributed by atoms with Crippen molar-refractivity contribution in [3.63, 3.8) is 0 Å². The van der Waals surface area contributed by atoms with Crippen molar-refractivity contribution in [3.8, 4) is 0 Å². The van der Waals surface area contributed by atoms with Crippen molar-refractivity contribution in [2.24, 2.45) is 0 Å². The number of carbonyl (C=O) groups excluding carboxylic acids is 1. The summed E-state index contributed by atoms with van der Waals surface area (Å²) < 4.78 is 14.5. The summed E-state index contributed by atoms with van der Waals surface area (Å²) in [5.74, 6) is 0.136. The highest BCUT2D eigenvalue weighted by Gasteiger charge is 2.07. The van der Waals surface area contributed by atoms with Crippen LogP contribution in [0.1, 0.15) is 5.56 Å². The molecular weight excluding hydrogens is 374 g/mol. The van der Waals surface area contributed by atoms with Crippen molar-refractivity contribution in [2.75, 3.05) is 5.75 Å². The first-order chi connectivity index (χ1) is 9.15. The standard InChI is InChI=1S/C15H12FIOS/c16-14-3-1-2-4-15(14)19-10-13(18)9-11-5-7-12(17)8-6-11/h1-8H,9-10H2. The van der Waals surface area contributed by atoms with Crippen molar-refractivity contribution in [1.29, 1.82) is 0 Å². The molecule has 0 bridgehead atoms. The Morgan fingerprint density at radius 2 is 1.79 bits per heavy atom. The van der Waals surface area contributed by atoms with E-state index in [1.54, 1.807) is 18.2 Å². The van der Waals surface area contributed by atoms with Crippen molar-refractivity contribution < 1.29 is 9.18 Å². The minimum atomic E-state index is -0.269. The average molecular weight is 386 g/mol. The summed E-state index contributed by atoms with van der Waals surface area (Å²) in [6.45, 7) is 0. The fraction of sp³-hybridized carbons (Fsp3) is 0.133. The number of benzene rings is 2. The second kappa shape index (κ2) is 7.05. The van der Waals surface area contributed by atoms with Crippen LogP contribution in [-0.2, 0) is 11.2 Å². The molecule has 0 saturated heterocycles. The molecule has 19 heavy (non-hydrogen) atoms. The van der Waals surface area contributed by atoms with Crippen LogP contribution in [0.4, 0.5) is 4.39 Å². The summed E-state index contributed by atoms with van der Waals surface area (Å²) >= 11 is 3.48. The average Bonchev–Trinajstić information content (AvgIpc) is 2.40. The Kier molecular flexibility index (Phi) is 5.39. The van der Waals surface area contributed by atoms with Gasteiger partial charge in [-0.25, -0.2) is 4.39 Å². The molecule has 4 heteroatoms. The van der Waals surface area contributed by atoms with Gasteiger partial charge in [-0.1, -0.05) is 24.3 Å². The van der Waals surface area contributed by atoms with Gasteiger partial charge in [-0.05, 0) is 52.4 Å². The molecule has 2 aromatic rings. The molecule has 0 unspecified atom stereocenters. The van der Waals surface area contributed by atoms with Gasteiger partial charge in [0.15, 0.2) is 0 Å². The first-order valence-electron chi connectivity index (χ1n) is 5.78. The van der Waals surface area contributed by atoms with Gasteiger partial charge in [0.25, 0.3) is 0 Å². The molecule has 0 fully saturated rings. The van der Waals surface area contributed by atoms with E-state index in [2.05, 4.69) is 22.6 Å². The predicted octanol–water partition coefficient (Wildman–Crippen LogP) is 4.33. The second-order valence-corrected chi connectivity index (χ2v) is 6.32. The molecule has 0 aliphatic heterocycles. The van der Waals surface area contributed by atoms with E-state index in [1.807, 2.05) is 24.3 Å². The number of hydrogen-bond donors (Lipinski definition) is 0. The molecular formula is C15H12FIOS. The van der Waals surface area contributed by atoms with Crippen LogP contribution in [0.2, 0.25) is 0 Å². The van der Waals surface area contributed by atoms with E-state index in [0.717, 1.165) is 9.13 Å². The Morgan fingerprint density at radius 1 is 1.11 bits per heavy atom. The maximum absolute atomic E-state index is 13.4. The number of hydrogen-bond acceptors (Lipinski definition) is 2. The van der Waals surface area contributed by atoms with Crippen LogP contribution in [0, 0.1) is 9.39 Å². The number of thioether (sulfide) groups is 1. The van der Waals surface area contributed by atoms with Crippen LogP contribution >= 0.6 is 34.4 Å². The number of carbonyl (C=O) groups is 1. The third-order valence-electron chi connectivity index (χ3n) is 2.54. The lowest BCUT2D eigenvalue weighted by molar-refractivity contribution is -0.116. The van der Waals surface area contributed by atoms with E-state index in [9.17, 15) is 9.18 Å². The van der Waals surface area contributed by atoms with Gasteiger partial charge in [0.2, 0.25) is 0 Å². The molecule has 0 aromatic heterocycles. The fourth-order valence-corrected chi connectivity index (χ4v) is 2.76. The molecule has 0 N–H and O–H groups in total. The number of rotatable bonds is 5. The zero-order chi connectivity index (χ0) is 13.7. The summed E-state index contributed by atoms with van der Waals surface area (Å²) in [4.78, 5) is 12.4. The van der Waals surface area contributed by atoms with Crippen LogP contribution in [0.25, 0.3) is 0 Å². The summed E-state index contributed by atoms with van der Waals surface area (Å²) in [5, 5.41) is 0. The smallest absolute Gasteiger partial charge is 0.147 e. The zero-order valence-corrected chi connectivity index (χ0v) is 13.1. The van der Waals surface area contributed by atoms with Crippen molar-refractivity contribution in [1.82, 2.24) is 0 Å². The summed E-state index contributed by atoms with van der Waals surface area (Å²) in [7, 11) is 0. The number of halogens is 2. The Bertz CT molecular complexity index is 569. The molecule has 2 rings (SSSR count). The van der Waals surface area contributed by atoms with Gasteiger partial charge >= 0.3 is 0 Å². The van der Waals surface area contributed by atoms with Gasteiger partial charge in [-0.3, -0.25) is 4.79 Å². The zero-order valence-electron chi connectivity index (χ0n) is 10.1. The molecule has 0 saturated carbocycles. The highest BCUT2D eigenvalue weighted by molar-refractivity contribution is 14.1. The summed E-state index contributed by atoms with van der Waals surface area (Å²) in [6.07, 6.45) is 0.401. The van der Waals surface area contributed by atoms with Crippen molar-refractivity contribution in [2.45, 2.75) is 11.3 Å². The third kappa shape index (κ3) is 4.62. The Balaban J connectivity index is 1.88. The lowest BCUT2D eigenvalue weighted by atomic mass is 10.1. The van der Waals surface area contributed by atoms with E-state index < -0.39 is 0 Å². The Morgan fingerprint density at radius 3 is 2.47 bits per heavy atom. The van der Waals surface area contributed by atoms with Gasteiger partial charge in [0, 0.05) is 14.9 Å². The quantitative estimate of drug-likeness (QED) is 0.562. The summed E-state index contributed by atoms with van der Waals surface area (Å²) in [6, 6.07) is 14.4. The minimum absolute atomic E-state index is 0.106. The van der Waals surface area contributed by atoms with E-state index >= 15 is 0 Å². The largest absolute Gasteiger partial charge is 0.298 e. The van der Waals surface area contributed by atoms with Gasteiger partial charge in [0.1, 0.15) is 11.6 Å². The molecule has 0 atom stereocenters. The van der Waals surface area contributed by atoms with E-state index in [4.69, 9.17) is 0 Å². The molecule has 0 radical (unpaired) electrons. The highest BCUT2D eigenvalue weighted by atomic mass is 127. The molecule has 0 heterocycles. The van der Waals surface area contributed by atoms with Gasteiger partial charge in [-0.2, -0.15) is 0 Å². The maximum atomic E-state index is 13.4. The lowest BCUT2D eigenvalue weighted by Crippen LogP contribution is -2.05. The van der Waals surface area contributed by atoms with Gasteiger partial charge in [-0.15, -0.1) is 11.8 Å². The van der Waals surface area contributed by atoms with Crippen LogP contribution in [0.3, 0.4) is 0 Å². The molecule has 98 valence electrons. The maximum Gasteiger partial charge on any atom is 0.147 e. The van der Waals surface area contributed by atoms with E-state index in [-0.39, 0.29) is 11.6 Å². The SMILES string of the molecule is O=C(CSc1ccccc1F)Cc1ccc(I)cc1. The van der Waals surface area contributed by atoms with E-state index in [0.29, 0.717) is 17.1 Å². The fourth-order valence-electron chi connectivity index (χ4n) is 1.60. The van der Waals surface area contributed by atoms with Crippen LogP contribution < -0.4 is 0 Å². The second-order valence-electron chi connectivity index (χ2n) is 4.06. The van der Waals surface area contributed by atoms with Crippen LogP contribution in [-0.4, -0.2) is 11.5 Å². The number of ketones is 1. The normalized spacial score (nSPS) is 10.4. The van der Waals surface area contributed by atoms with E-state index in [1.165, 1.54) is 17.8 Å². The number of Topliss-reactive ketones (excluding diaryl/α,β-unsaturated/α-hetero) is 1. The topological polar surface area (TPSA) is 17.1 Å². The first-order valence-corrected chi connectivity index (χ1v) is 7.85. The highest BCUT2D eigenvalue weighted by Crippen LogP contribution is 2.21. The molecule has 0 aliphatic carbocycles. The van der Waals surface area contributed by atoms with Gasteiger partial charge in [0.05, 0.1) is 5.75 Å². The third-order valence-corrected chi connectivity index (χ3v) is 4.37. The molecule has 1 nitrogen and oxygen atoms in total. The summed E-state index contributed by atoms with van der Waals surface area (Å²) in [5.41, 5.74) is 1.000. The minimum Gasteiger partial charge on any atom is -0.298 e. The molecule has 0 spiro atoms. The molecule has 0 aliphatic rings. The molecule has 0 amide bonds. The first kappa shape index (κ1) is 14.5. The van der Waals surface area contributed by atoms with Gasteiger partial charge < -0.3 is 0 Å². The molecule has 2 aromatic carbocycles. The van der Waals surface area contributed by atoms with Crippen LogP contribution in [0.15, 0.2) is 53.4 Å². The van der Waals surface area contributed by atoms with Crippen molar-refractivity contribution in [3.05, 3.63) is 63.5 Å². The monoisotopic (exact) mass is 386 g/mol. The lowest BCUT2D eigenvalue weighted by Gasteiger charge is -2.03. The van der Waals surface area contributed by atoms with Crippen molar-refractivity contribution >= 4 is 40.1 Å².